The molecule has 2 N–H and O–H groups in total. The summed E-state index contributed by atoms with van der Waals surface area (Å²) >= 11 is 0. The first-order valence-electron chi connectivity index (χ1n) is 6.51. The van der Waals surface area contributed by atoms with Crippen LogP contribution < -0.4 is 5.73 Å². The van der Waals surface area contributed by atoms with Crippen LogP contribution in [0.3, 0.4) is 0 Å². The molecule has 3 aromatic carbocycles. The maximum absolute atomic E-state index is 6.36. The molecule has 0 saturated heterocycles. The zero-order valence-corrected chi connectivity index (χ0v) is 11.3. The first-order chi connectivity index (χ1) is 9.16. The third-order valence-corrected chi connectivity index (χ3v) is 3.64. The molecule has 0 atom stereocenters. The van der Waals surface area contributed by atoms with E-state index in [0.29, 0.717) is 0 Å². The van der Waals surface area contributed by atoms with Crippen LogP contribution in [-0.2, 0) is 0 Å². The van der Waals surface area contributed by atoms with Gasteiger partial charge in [0.2, 0.25) is 0 Å². The lowest BCUT2D eigenvalue weighted by Gasteiger charge is -2.12. The summed E-state index contributed by atoms with van der Waals surface area (Å²) in [7, 11) is 0. The molecule has 94 valence electrons. The number of benzene rings is 3. The Kier molecular flexibility index (Phi) is 2.75. The predicted octanol–water partition coefficient (Wildman–Crippen LogP) is 4.71. The topological polar surface area (TPSA) is 26.0 Å². The predicted molar refractivity (Wildman–Crippen MR) is 83.3 cm³/mol. The average Bonchev–Trinajstić information content (AvgIpc) is 2.41. The van der Waals surface area contributed by atoms with Gasteiger partial charge in [0, 0.05) is 16.6 Å². The maximum atomic E-state index is 6.36. The molecule has 1 nitrogen and oxygen atoms in total. The van der Waals surface area contributed by atoms with Crippen molar-refractivity contribution in [2.75, 3.05) is 5.73 Å². The van der Waals surface area contributed by atoms with E-state index in [2.05, 4.69) is 56.3 Å². The highest BCUT2D eigenvalue weighted by atomic mass is 14.6. The fourth-order valence-corrected chi connectivity index (χ4v) is 2.65. The number of anilines is 1. The van der Waals surface area contributed by atoms with Gasteiger partial charge in [0.25, 0.3) is 0 Å². The van der Waals surface area contributed by atoms with E-state index in [9.17, 15) is 0 Å². The van der Waals surface area contributed by atoms with Crippen LogP contribution >= 0.6 is 0 Å². The molecule has 0 fully saturated rings. The Labute approximate surface area is 113 Å². The van der Waals surface area contributed by atoms with E-state index in [-0.39, 0.29) is 0 Å². The largest absolute Gasteiger partial charge is 0.398 e. The van der Waals surface area contributed by atoms with Crippen molar-refractivity contribution < 1.29 is 0 Å². The molecular formula is C18H17N. The normalized spacial score (nSPS) is 10.8. The van der Waals surface area contributed by atoms with Crippen molar-refractivity contribution in [1.29, 1.82) is 0 Å². The standard InChI is InChI=1S/C18H17N/c1-12-7-9-15(13(2)11-12)17-10-8-14-5-3-4-6-16(14)18(17)19/h3-11H,19H2,1-2H3. The molecule has 0 amide bonds. The summed E-state index contributed by atoms with van der Waals surface area (Å²) in [5, 5.41) is 2.31. The van der Waals surface area contributed by atoms with Crippen LogP contribution in [0.1, 0.15) is 11.1 Å². The summed E-state index contributed by atoms with van der Waals surface area (Å²) in [6.07, 6.45) is 0. The third kappa shape index (κ3) is 1.97. The van der Waals surface area contributed by atoms with E-state index >= 15 is 0 Å². The van der Waals surface area contributed by atoms with Crippen LogP contribution in [-0.4, -0.2) is 0 Å². The van der Waals surface area contributed by atoms with Gasteiger partial charge in [-0.1, -0.05) is 60.2 Å². The summed E-state index contributed by atoms with van der Waals surface area (Å²) in [4.78, 5) is 0. The molecule has 0 aliphatic rings. The second-order valence-corrected chi connectivity index (χ2v) is 5.07. The van der Waals surface area contributed by atoms with Gasteiger partial charge >= 0.3 is 0 Å². The Hall–Kier alpha value is -2.28. The van der Waals surface area contributed by atoms with Gasteiger partial charge in [-0.05, 0) is 30.4 Å². The van der Waals surface area contributed by atoms with Crippen molar-refractivity contribution in [3.63, 3.8) is 0 Å². The fourth-order valence-electron chi connectivity index (χ4n) is 2.65. The smallest absolute Gasteiger partial charge is 0.0473 e. The average molecular weight is 247 g/mol. The second kappa shape index (κ2) is 4.43. The molecular weight excluding hydrogens is 230 g/mol. The van der Waals surface area contributed by atoms with Crippen LogP contribution in [0.4, 0.5) is 5.69 Å². The number of aryl methyl sites for hydroxylation is 2. The minimum absolute atomic E-state index is 0.866. The van der Waals surface area contributed by atoms with Crippen molar-refractivity contribution in [3.05, 3.63) is 65.7 Å². The van der Waals surface area contributed by atoms with Crippen LogP contribution in [0, 0.1) is 13.8 Å². The van der Waals surface area contributed by atoms with E-state index in [1.807, 2.05) is 12.1 Å². The minimum atomic E-state index is 0.866. The summed E-state index contributed by atoms with van der Waals surface area (Å²) in [5.41, 5.74) is 12.1. The Morgan fingerprint density at radius 2 is 1.53 bits per heavy atom. The van der Waals surface area contributed by atoms with Gasteiger partial charge < -0.3 is 5.73 Å². The zero-order chi connectivity index (χ0) is 13.4. The molecule has 1 heteroatoms. The maximum Gasteiger partial charge on any atom is 0.0473 e. The molecule has 0 unspecified atom stereocenters. The summed E-state index contributed by atoms with van der Waals surface area (Å²) < 4.78 is 0. The van der Waals surface area contributed by atoms with E-state index in [1.165, 1.54) is 22.1 Å². The van der Waals surface area contributed by atoms with E-state index < -0.39 is 0 Å². The van der Waals surface area contributed by atoms with Crippen molar-refractivity contribution in [2.45, 2.75) is 13.8 Å². The summed E-state index contributed by atoms with van der Waals surface area (Å²) in [6, 6.07) is 19.0. The van der Waals surface area contributed by atoms with Crippen molar-refractivity contribution in [1.82, 2.24) is 0 Å². The molecule has 0 aliphatic heterocycles. The lowest BCUT2D eigenvalue weighted by molar-refractivity contribution is 1.38. The zero-order valence-electron chi connectivity index (χ0n) is 11.3. The van der Waals surface area contributed by atoms with Gasteiger partial charge in [-0.15, -0.1) is 0 Å². The number of hydrogen-bond acceptors (Lipinski definition) is 1. The van der Waals surface area contributed by atoms with Crippen molar-refractivity contribution in [3.8, 4) is 11.1 Å². The molecule has 0 radical (unpaired) electrons. The van der Waals surface area contributed by atoms with Gasteiger partial charge in [-0.2, -0.15) is 0 Å². The Morgan fingerprint density at radius 3 is 2.32 bits per heavy atom. The highest BCUT2D eigenvalue weighted by Crippen LogP contribution is 2.34. The Balaban J connectivity index is 2.28. The van der Waals surface area contributed by atoms with E-state index in [1.54, 1.807) is 0 Å². The first kappa shape index (κ1) is 11.8. The monoisotopic (exact) mass is 247 g/mol. The number of nitrogens with two attached hydrogens (primary N) is 1. The number of fused-ring (bicyclic) bond motifs is 1. The Morgan fingerprint density at radius 1 is 0.789 bits per heavy atom. The Bertz CT molecular complexity index is 757. The molecule has 3 rings (SSSR count). The van der Waals surface area contributed by atoms with Crippen LogP contribution in [0.2, 0.25) is 0 Å². The third-order valence-electron chi connectivity index (χ3n) is 3.64. The molecule has 0 aliphatic carbocycles. The number of nitrogen functional groups attached to an aromatic ring is 1. The van der Waals surface area contributed by atoms with E-state index in [4.69, 9.17) is 5.73 Å². The van der Waals surface area contributed by atoms with Gasteiger partial charge in [-0.25, -0.2) is 0 Å². The SMILES string of the molecule is Cc1ccc(-c2ccc3ccccc3c2N)c(C)c1. The fraction of sp³-hybridized carbons (Fsp3) is 0.111. The molecule has 19 heavy (non-hydrogen) atoms. The van der Waals surface area contributed by atoms with Gasteiger partial charge in [-0.3, -0.25) is 0 Å². The number of rotatable bonds is 1. The van der Waals surface area contributed by atoms with Gasteiger partial charge in [0.1, 0.15) is 0 Å². The van der Waals surface area contributed by atoms with Gasteiger partial charge in [0.05, 0.1) is 0 Å². The molecule has 3 aromatic rings. The molecule has 0 heterocycles. The second-order valence-electron chi connectivity index (χ2n) is 5.07. The summed E-state index contributed by atoms with van der Waals surface area (Å²) in [6.45, 7) is 4.25. The lowest BCUT2D eigenvalue weighted by Crippen LogP contribution is -1.93. The van der Waals surface area contributed by atoms with Crippen molar-refractivity contribution >= 4 is 16.5 Å². The van der Waals surface area contributed by atoms with Crippen LogP contribution in [0.15, 0.2) is 54.6 Å². The molecule has 0 saturated carbocycles. The van der Waals surface area contributed by atoms with Crippen LogP contribution in [0.25, 0.3) is 21.9 Å². The van der Waals surface area contributed by atoms with Crippen molar-refractivity contribution in [2.24, 2.45) is 0 Å². The van der Waals surface area contributed by atoms with Gasteiger partial charge in [0.15, 0.2) is 0 Å². The summed E-state index contributed by atoms with van der Waals surface area (Å²) in [5.74, 6) is 0. The van der Waals surface area contributed by atoms with Crippen LogP contribution in [0.5, 0.6) is 0 Å². The lowest BCUT2D eigenvalue weighted by atomic mass is 9.95. The minimum Gasteiger partial charge on any atom is -0.398 e. The highest BCUT2D eigenvalue weighted by Gasteiger charge is 2.08. The highest BCUT2D eigenvalue weighted by molar-refractivity contribution is 6.00. The van der Waals surface area contributed by atoms with E-state index in [0.717, 1.165) is 16.6 Å². The molecule has 0 bridgehead atoms. The molecule has 0 spiro atoms. The quantitative estimate of drug-likeness (QED) is 0.619. The molecule has 0 aromatic heterocycles. The first-order valence-corrected chi connectivity index (χ1v) is 6.51. The number of hydrogen-bond donors (Lipinski definition) is 1.